The Bertz CT molecular complexity index is 6410. The molecular weight excluding hydrogens is 1430 g/mol. The van der Waals surface area contributed by atoms with E-state index in [9.17, 15) is 0 Å². The van der Waals surface area contributed by atoms with Gasteiger partial charge in [0, 0.05) is 182 Å². The summed E-state index contributed by atoms with van der Waals surface area (Å²) in [6.07, 6.45) is 19.8. The summed E-state index contributed by atoms with van der Waals surface area (Å²) in [5, 5.41) is 4.93. The predicted molar refractivity (Wildman–Crippen MR) is 484 cm³/mol. The van der Waals surface area contributed by atoms with Gasteiger partial charge in [0.1, 0.15) is 45.7 Å². The second kappa shape index (κ2) is 34.7. The molecular formula is C106H113N11+4. The zero-order chi connectivity index (χ0) is 82.8. The molecule has 8 aromatic carbocycles. The van der Waals surface area contributed by atoms with Gasteiger partial charge in [0.2, 0.25) is 44.8 Å². The molecule has 1 aliphatic rings. The van der Waals surface area contributed by atoms with Gasteiger partial charge in [0.15, 0.2) is 0 Å². The van der Waals surface area contributed by atoms with Crippen molar-refractivity contribution >= 4 is 43.6 Å². The Hall–Kier alpha value is -12.2. The van der Waals surface area contributed by atoms with Gasteiger partial charge >= 0.3 is 0 Å². The van der Waals surface area contributed by atoms with Gasteiger partial charge in [-0.15, -0.1) is 0 Å². The van der Waals surface area contributed by atoms with Crippen molar-refractivity contribution in [2.75, 3.05) is 0 Å². The van der Waals surface area contributed by atoms with E-state index in [4.69, 9.17) is 4.98 Å². The summed E-state index contributed by atoms with van der Waals surface area (Å²) in [4.78, 5) is 31.7. The Balaban J connectivity index is 0.000000129. The van der Waals surface area contributed by atoms with E-state index in [2.05, 4.69) is 375 Å². The lowest BCUT2D eigenvalue weighted by atomic mass is 9.96. The van der Waals surface area contributed by atoms with Gasteiger partial charge in [-0.25, -0.2) is 29.9 Å². The van der Waals surface area contributed by atoms with E-state index < -0.39 is 0 Å². The maximum Gasteiger partial charge on any atom is 0.213 e. The quantitative estimate of drug-likeness (QED) is 0.112. The van der Waals surface area contributed by atoms with E-state index in [-0.39, 0.29) is 0 Å². The molecule has 1 fully saturated rings. The van der Waals surface area contributed by atoms with E-state index in [0.29, 0.717) is 17.8 Å². The molecule has 0 spiro atoms. The lowest BCUT2D eigenvalue weighted by Crippen LogP contribution is -2.32. The van der Waals surface area contributed by atoms with Crippen molar-refractivity contribution in [3.8, 4) is 89.5 Å². The van der Waals surface area contributed by atoms with Crippen molar-refractivity contribution in [1.29, 1.82) is 0 Å². The summed E-state index contributed by atoms with van der Waals surface area (Å²) >= 11 is 0. The molecule has 0 saturated heterocycles. The molecule has 588 valence electrons. The Morgan fingerprint density at radius 1 is 0.299 bits per heavy atom. The zero-order valence-electron chi connectivity index (χ0n) is 72.5. The molecule has 0 bridgehead atoms. The summed E-state index contributed by atoms with van der Waals surface area (Å²) in [7, 11) is 8.63. The van der Waals surface area contributed by atoms with E-state index in [1.54, 1.807) is 0 Å². The van der Waals surface area contributed by atoms with Crippen LogP contribution in [0.25, 0.3) is 133 Å². The predicted octanol–water partition coefficient (Wildman–Crippen LogP) is 23.7. The molecule has 1 aliphatic carbocycles. The number of aryl methyl sites for hydroxylation is 13. The van der Waals surface area contributed by atoms with Crippen LogP contribution in [-0.2, 0) is 34.6 Å². The van der Waals surface area contributed by atoms with Crippen LogP contribution in [0, 0.1) is 95.9 Å². The highest BCUT2D eigenvalue weighted by Gasteiger charge is 2.25. The molecule has 11 nitrogen and oxygen atoms in total. The van der Waals surface area contributed by atoms with E-state index in [1.165, 1.54) is 198 Å². The molecule has 1 saturated carbocycles. The third-order valence-electron chi connectivity index (χ3n) is 24.2. The highest BCUT2D eigenvalue weighted by molar-refractivity contribution is 5.87. The zero-order valence-corrected chi connectivity index (χ0v) is 72.5. The molecule has 8 aromatic heterocycles. The van der Waals surface area contributed by atoms with E-state index >= 15 is 0 Å². The molecule has 8 heterocycles. The molecule has 0 radical (unpaired) electrons. The van der Waals surface area contributed by atoms with Crippen LogP contribution in [0.15, 0.2) is 225 Å². The van der Waals surface area contributed by atoms with Crippen molar-refractivity contribution in [3.05, 3.63) is 315 Å². The standard InChI is InChI=1S/C29H31N2.C27H30N3.C26H28N3.C24H24N3/c1-19-15-20(2)21(3)26(16-19)28-14-12-23-9-10-24(17-29(23)31(28)4)25-11-13-27(30-18-25)22-7-5-6-8-22;1-17(2)11-27-28-15-23(16-29-27)22-8-7-21-9-10-25(30(6)26(21)14-22)24-13-18(3)12-19(4)20(24)5;1-16(2)26-27-14-22(15-28-26)21-8-7-20-9-10-24(29(6)25(20)13-21)23-12-17(3)11-18(4)19(23)5;1-15-10-16(2)17(3)22(11-15)23-9-8-19-6-7-20(12-24(19)27(23)5)21-13-25-18(4)26-14-21/h9-18,22H,5-8H2,1-4H3;7-10,12-17H,11H2,1-6H3;7-16H,1-6H3;6-14H,1-5H3/q4*+1. The largest absolute Gasteiger partial charge is 0.260 e. The normalized spacial score (nSPS) is 12.2. The molecule has 0 aliphatic heterocycles. The minimum atomic E-state index is 0.335. The van der Waals surface area contributed by atoms with Crippen LogP contribution < -0.4 is 18.3 Å². The van der Waals surface area contributed by atoms with Gasteiger partial charge in [0.05, 0.1) is 0 Å². The third kappa shape index (κ3) is 17.7. The lowest BCUT2D eigenvalue weighted by Gasteiger charge is -2.11. The minimum absolute atomic E-state index is 0.335. The van der Waals surface area contributed by atoms with Gasteiger partial charge in [-0.05, 0) is 254 Å². The number of hydrogen-bond donors (Lipinski definition) is 0. The average molecular weight is 1540 g/mol. The van der Waals surface area contributed by atoms with E-state index in [1.807, 2.05) is 44.1 Å². The fourth-order valence-electron chi connectivity index (χ4n) is 16.9. The van der Waals surface area contributed by atoms with Crippen LogP contribution in [0.5, 0.6) is 0 Å². The van der Waals surface area contributed by atoms with Crippen LogP contribution in [0.1, 0.15) is 155 Å². The van der Waals surface area contributed by atoms with Gasteiger partial charge < -0.3 is 0 Å². The van der Waals surface area contributed by atoms with Crippen molar-refractivity contribution in [2.24, 2.45) is 34.1 Å². The van der Waals surface area contributed by atoms with Gasteiger partial charge in [-0.1, -0.05) is 117 Å². The monoisotopic (exact) mass is 1540 g/mol. The first-order valence-electron chi connectivity index (χ1n) is 41.6. The number of hydrogen-bond acceptors (Lipinski definition) is 7. The van der Waals surface area contributed by atoms with Crippen LogP contribution in [-0.4, -0.2) is 34.9 Å². The molecule has 11 heteroatoms. The number of nitrogens with zero attached hydrogens (tertiary/aromatic N) is 11. The molecule has 17 rings (SSSR count). The van der Waals surface area contributed by atoms with Crippen LogP contribution in [0.2, 0.25) is 0 Å². The number of aromatic nitrogens is 11. The minimum Gasteiger partial charge on any atom is -0.260 e. The average Bonchev–Trinajstić information content (AvgIpc) is 0.826. The van der Waals surface area contributed by atoms with Crippen molar-refractivity contribution in [1.82, 2.24) is 34.9 Å². The van der Waals surface area contributed by atoms with Crippen molar-refractivity contribution < 1.29 is 18.3 Å². The highest BCUT2D eigenvalue weighted by Crippen LogP contribution is 2.37. The van der Waals surface area contributed by atoms with Gasteiger partial charge in [-0.2, -0.15) is 18.3 Å². The van der Waals surface area contributed by atoms with Crippen LogP contribution in [0.4, 0.5) is 0 Å². The van der Waals surface area contributed by atoms with Crippen LogP contribution in [0.3, 0.4) is 0 Å². The summed E-state index contributed by atoms with van der Waals surface area (Å²) in [6.45, 7) is 36.8. The van der Waals surface area contributed by atoms with E-state index in [0.717, 1.165) is 57.3 Å². The maximum atomic E-state index is 4.83. The highest BCUT2D eigenvalue weighted by atomic mass is 15.0. The molecule has 0 N–H and O–H groups in total. The van der Waals surface area contributed by atoms with Crippen molar-refractivity contribution in [2.45, 2.75) is 162 Å². The first-order chi connectivity index (χ1) is 56.1. The summed E-state index contributed by atoms with van der Waals surface area (Å²) in [5.74, 6) is 4.13. The second-order valence-corrected chi connectivity index (χ2v) is 33.7. The smallest absolute Gasteiger partial charge is 0.213 e. The summed E-state index contributed by atoms with van der Waals surface area (Å²) in [5.41, 5.74) is 41.1. The fraction of sp³-hybridized carbons (Fsp3) is 0.274. The Labute approximate surface area is 693 Å². The number of rotatable bonds is 12. The number of pyridine rings is 5. The Morgan fingerprint density at radius 3 is 0.880 bits per heavy atom. The lowest BCUT2D eigenvalue weighted by molar-refractivity contribution is -0.633. The van der Waals surface area contributed by atoms with Crippen LogP contribution >= 0.6 is 0 Å². The van der Waals surface area contributed by atoms with Gasteiger partial charge in [0.25, 0.3) is 0 Å². The number of benzene rings is 8. The fourth-order valence-corrected chi connectivity index (χ4v) is 16.9. The molecule has 117 heavy (non-hydrogen) atoms. The molecule has 0 amide bonds. The first kappa shape index (κ1) is 81.4. The molecule has 16 aromatic rings. The topological polar surface area (TPSA) is 106 Å². The maximum absolute atomic E-state index is 4.83. The van der Waals surface area contributed by atoms with Gasteiger partial charge in [-0.3, -0.25) is 4.98 Å². The molecule has 0 atom stereocenters. The first-order valence-corrected chi connectivity index (χ1v) is 41.6. The Morgan fingerprint density at radius 2 is 0.581 bits per heavy atom. The second-order valence-electron chi connectivity index (χ2n) is 33.7. The summed E-state index contributed by atoms with van der Waals surface area (Å²) in [6, 6.07) is 66.9. The summed E-state index contributed by atoms with van der Waals surface area (Å²) < 4.78 is 9.22. The molecule has 0 unspecified atom stereocenters. The SMILES string of the molecule is Cc1cc(C)c(C)c(-c2ccc3ccc(-c4ccc(C5CCCC5)nc4)cc3[n+]2C)c1.Cc1cc(C)c(C)c(-c2ccc3ccc(-c4cnc(C(C)C)nc4)cc3[n+]2C)c1.Cc1cc(C)c(C)c(-c2ccc3ccc(-c4cnc(C)nc4)cc3[n+]2C)c1.Cc1cc(C)c(C)c(-c2ccc3ccc(-c4cnc(CC(C)C)nc4)cc3[n+]2C)c1. The number of fused-ring (bicyclic) bond motifs is 4. The Kier molecular flexibility index (Phi) is 24.1. The van der Waals surface area contributed by atoms with Crippen molar-refractivity contribution in [3.63, 3.8) is 0 Å². The third-order valence-corrected chi connectivity index (χ3v) is 24.2.